The molecule has 1 aromatic heterocycles. The van der Waals surface area contributed by atoms with Crippen molar-refractivity contribution in [2.45, 2.75) is 13.5 Å². The molecule has 2 rings (SSSR count). The van der Waals surface area contributed by atoms with Crippen LogP contribution in [-0.2, 0) is 6.54 Å². The second-order valence-corrected chi connectivity index (χ2v) is 4.42. The van der Waals surface area contributed by atoms with E-state index < -0.39 is 0 Å². The first-order chi connectivity index (χ1) is 8.13. The van der Waals surface area contributed by atoms with E-state index in [-0.39, 0.29) is 5.28 Å². The molecule has 1 heterocycles. The third-order valence-electron chi connectivity index (χ3n) is 2.19. The number of hydrogen-bond donors (Lipinski definition) is 1. The Morgan fingerprint density at radius 2 is 2.00 bits per heavy atom. The number of hydrogen-bond acceptors (Lipinski definition) is 3. The first-order valence-electron chi connectivity index (χ1n) is 5.13. The molecule has 3 nitrogen and oxygen atoms in total. The number of halogens is 2. The first-order valence-corrected chi connectivity index (χ1v) is 5.88. The van der Waals surface area contributed by atoms with Gasteiger partial charge in [-0.05, 0) is 36.2 Å². The van der Waals surface area contributed by atoms with Gasteiger partial charge >= 0.3 is 0 Å². The predicted molar refractivity (Wildman–Crippen MR) is 70.6 cm³/mol. The molecule has 0 saturated carbocycles. The number of aryl methyl sites for hydroxylation is 1. The SMILES string of the molecule is Cc1cc(NCc2cccc(Cl)c2)nc(Cl)n1. The molecule has 0 aliphatic carbocycles. The number of anilines is 1. The average molecular weight is 268 g/mol. The summed E-state index contributed by atoms with van der Waals surface area (Å²) in [6, 6.07) is 9.50. The van der Waals surface area contributed by atoms with Gasteiger partial charge in [-0.15, -0.1) is 0 Å². The Labute approximate surface area is 110 Å². The number of rotatable bonds is 3. The fourth-order valence-electron chi connectivity index (χ4n) is 1.46. The summed E-state index contributed by atoms with van der Waals surface area (Å²) in [6.45, 7) is 2.52. The van der Waals surface area contributed by atoms with Crippen molar-refractivity contribution in [2.24, 2.45) is 0 Å². The van der Waals surface area contributed by atoms with Crippen LogP contribution >= 0.6 is 23.2 Å². The molecule has 0 unspecified atom stereocenters. The van der Waals surface area contributed by atoms with Gasteiger partial charge in [-0.25, -0.2) is 9.97 Å². The van der Waals surface area contributed by atoms with E-state index in [2.05, 4.69) is 15.3 Å². The van der Waals surface area contributed by atoms with Crippen LogP contribution in [-0.4, -0.2) is 9.97 Å². The zero-order valence-corrected chi connectivity index (χ0v) is 10.8. The summed E-state index contributed by atoms with van der Waals surface area (Å²) in [7, 11) is 0. The molecule has 0 fully saturated rings. The van der Waals surface area contributed by atoms with Crippen LogP contribution in [0.2, 0.25) is 10.3 Å². The molecule has 5 heteroatoms. The van der Waals surface area contributed by atoms with E-state index in [0.29, 0.717) is 12.4 Å². The minimum Gasteiger partial charge on any atom is -0.366 e. The maximum absolute atomic E-state index is 5.90. The fourth-order valence-corrected chi connectivity index (χ4v) is 1.90. The Hall–Kier alpha value is -1.32. The third kappa shape index (κ3) is 3.58. The Balaban J connectivity index is 2.07. The van der Waals surface area contributed by atoms with Crippen LogP contribution in [0.3, 0.4) is 0 Å². The normalized spacial score (nSPS) is 10.3. The third-order valence-corrected chi connectivity index (χ3v) is 2.59. The molecule has 0 atom stereocenters. The minimum atomic E-state index is 0.249. The Morgan fingerprint density at radius 1 is 1.18 bits per heavy atom. The van der Waals surface area contributed by atoms with Crippen molar-refractivity contribution in [1.82, 2.24) is 9.97 Å². The molecule has 1 aromatic carbocycles. The molecule has 17 heavy (non-hydrogen) atoms. The van der Waals surface area contributed by atoms with E-state index >= 15 is 0 Å². The predicted octanol–water partition coefficient (Wildman–Crippen LogP) is 3.70. The summed E-state index contributed by atoms with van der Waals surface area (Å²) in [4.78, 5) is 8.08. The quantitative estimate of drug-likeness (QED) is 0.862. The summed E-state index contributed by atoms with van der Waals surface area (Å²) < 4.78 is 0. The van der Waals surface area contributed by atoms with Crippen molar-refractivity contribution >= 4 is 29.0 Å². The number of nitrogens with one attached hydrogen (secondary N) is 1. The van der Waals surface area contributed by atoms with E-state index in [1.807, 2.05) is 37.3 Å². The summed E-state index contributed by atoms with van der Waals surface area (Å²) in [5.74, 6) is 0.711. The van der Waals surface area contributed by atoms with Crippen LogP contribution in [0.5, 0.6) is 0 Å². The summed E-state index contributed by atoms with van der Waals surface area (Å²) >= 11 is 11.7. The van der Waals surface area contributed by atoms with E-state index in [1.54, 1.807) is 0 Å². The van der Waals surface area contributed by atoms with Gasteiger partial charge in [-0.3, -0.25) is 0 Å². The molecule has 0 aliphatic rings. The lowest BCUT2D eigenvalue weighted by atomic mass is 10.2. The highest BCUT2D eigenvalue weighted by atomic mass is 35.5. The van der Waals surface area contributed by atoms with Crippen molar-refractivity contribution in [3.05, 3.63) is 51.9 Å². The van der Waals surface area contributed by atoms with Gasteiger partial charge in [0.25, 0.3) is 0 Å². The van der Waals surface area contributed by atoms with E-state index in [9.17, 15) is 0 Å². The van der Waals surface area contributed by atoms with Crippen LogP contribution in [0, 0.1) is 6.92 Å². The van der Waals surface area contributed by atoms with Crippen LogP contribution in [0.25, 0.3) is 0 Å². The molecule has 0 radical (unpaired) electrons. The summed E-state index contributed by atoms with van der Waals surface area (Å²) in [6.07, 6.45) is 0. The lowest BCUT2D eigenvalue weighted by molar-refractivity contribution is 1.05. The molecular weight excluding hydrogens is 257 g/mol. The van der Waals surface area contributed by atoms with Gasteiger partial charge in [0.15, 0.2) is 0 Å². The van der Waals surface area contributed by atoms with Gasteiger partial charge in [-0.2, -0.15) is 0 Å². The highest BCUT2D eigenvalue weighted by molar-refractivity contribution is 6.30. The topological polar surface area (TPSA) is 37.8 Å². The Morgan fingerprint density at radius 3 is 2.71 bits per heavy atom. The number of nitrogens with zero attached hydrogens (tertiary/aromatic N) is 2. The fraction of sp³-hybridized carbons (Fsp3) is 0.167. The minimum absolute atomic E-state index is 0.249. The molecule has 2 aromatic rings. The summed E-state index contributed by atoms with van der Waals surface area (Å²) in [5, 5.41) is 4.15. The van der Waals surface area contributed by atoms with Gasteiger partial charge in [0, 0.05) is 23.3 Å². The highest BCUT2D eigenvalue weighted by Gasteiger charge is 2.00. The second-order valence-electron chi connectivity index (χ2n) is 3.65. The molecule has 88 valence electrons. The molecule has 0 aliphatic heterocycles. The van der Waals surface area contributed by atoms with Gasteiger partial charge in [0.05, 0.1) is 0 Å². The molecule has 1 N–H and O–H groups in total. The number of benzene rings is 1. The molecule has 0 spiro atoms. The van der Waals surface area contributed by atoms with Gasteiger partial charge in [0.1, 0.15) is 5.82 Å². The van der Waals surface area contributed by atoms with Crippen LogP contribution in [0.15, 0.2) is 30.3 Å². The zero-order valence-electron chi connectivity index (χ0n) is 9.24. The Bertz CT molecular complexity index is 509. The number of aromatic nitrogens is 2. The first kappa shape index (κ1) is 12.1. The zero-order chi connectivity index (χ0) is 12.3. The standard InChI is InChI=1S/C12H11Cl2N3/c1-8-5-11(17-12(14)16-8)15-7-9-3-2-4-10(13)6-9/h2-6H,7H2,1H3,(H,15,16,17). The van der Waals surface area contributed by atoms with Crippen molar-refractivity contribution < 1.29 is 0 Å². The highest BCUT2D eigenvalue weighted by Crippen LogP contribution is 2.14. The van der Waals surface area contributed by atoms with Gasteiger partial charge in [0.2, 0.25) is 5.28 Å². The largest absolute Gasteiger partial charge is 0.366 e. The van der Waals surface area contributed by atoms with Gasteiger partial charge < -0.3 is 5.32 Å². The van der Waals surface area contributed by atoms with Crippen LogP contribution in [0.4, 0.5) is 5.82 Å². The smallest absolute Gasteiger partial charge is 0.224 e. The van der Waals surface area contributed by atoms with Crippen molar-refractivity contribution in [2.75, 3.05) is 5.32 Å². The van der Waals surface area contributed by atoms with E-state index in [4.69, 9.17) is 23.2 Å². The second kappa shape index (κ2) is 5.34. The molecule has 0 amide bonds. The average Bonchev–Trinajstić information content (AvgIpc) is 2.25. The lowest BCUT2D eigenvalue weighted by Gasteiger charge is -2.06. The van der Waals surface area contributed by atoms with Crippen LogP contribution < -0.4 is 5.32 Å². The molecule has 0 bridgehead atoms. The van der Waals surface area contributed by atoms with Crippen LogP contribution in [0.1, 0.15) is 11.3 Å². The van der Waals surface area contributed by atoms with E-state index in [1.165, 1.54) is 0 Å². The van der Waals surface area contributed by atoms with Crippen molar-refractivity contribution in [3.8, 4) is 0 Å². The summed E-state index contributed by atoms with van der Waals surface area (Å²) in [5.41, 5.74) is 1.92. The molecule has 0 saturated heterocycles. The van der Waals surface area contributed by atoms with Crippen molar-refractivity contribution in [1.29, 1.82) is 0 Å². The maximum Gasteiger partial charge on any atom is 0.224 e. The van der Waals surface area contributed by atoms with Gasteiger partial charge in [-0.1, -0.05) is 23.7 Å². The maximum atomic E-state index is 5.90. The van der Waals surface area contributed by atoms with E-state index in [0.717, 1.165) is 16.3 Å². The monoisotopic (exact) mass is 267 g/mol. The van der Waals surface area contributed by atoms with Crippen molar-refractivity contribution in [3.63, 3.8) is 0 Å². The lowest BCUT2D eigenvalue weighted by Crippen LogP contribution is -2.02. The Kier molecular flexibility index (Phi) is 3.82. The molecular formula is C12H11Cl2N3.